The smallest absolute Gasteiger partial charge is 0.419 e. The summed E-state index contributed by atoms with van der Waals surface area (Å²) in [7, 11) is 0. The minimum atomic E-state index is -0.635. The molecule has 0 aromatic heterocycles. The number of rotatable bonds is 2. The van der Waals surface area contributed by atoms with Crippen LogP contribution in [0, 0.1) is 5.92 Å². The predicted molar refractivity (Wildman–Crippen MR) is 85.7 cm³/mol. The van der Waals surface area contributed by atoms with Crippen molar-refractivity contribution in [2.75, 3.05) is 6.54 Å². The Hall–Kier alpha value is -1.26. The van der Waals surface area contributed by atoms with Crippen molar-refractivity contribution in [1.29, 1.82) is 0 Å². The van der Waals surface area contributed by atoms with Crippen LogP contribution in [0.4, 0.5) is 9.59 Å². The highest BCUT2D eigenvalue weighted by molar-refractivity contribution is 5.88. The normalized spacial score (nSPS) is 17.0. The van der Waals surface area contributed by atoms with Crippen molar-refractivity contribution in [3.05, 3.63) is 0 Å². The van der Waals surface area contributed by atoms with Gasteiger partial charge >= 0.3 is 12.2 Å². The van der Waals surface area contributed by atoms with Gasteiger partial charge in [0.05, 0.1) is 0 Å². The lowest BCUT2D eigenvalue weighted by Crippen LogP contribution is -2.45. The van der Waals surface area contributed by atoms with E-state index in [4.69, 9.17) is 9.47 Å². The Morgan fingerprint density at radius 1 is 0.864 bits per heavy atom. The molecule has 128 valence electrons. The number of amides is 2. The largest absolute Gasteiger partial charge is 0.443 e. The molecule has 0 radical (unpaired) electrons. The summed E-state index contributed by atoms with van der Waals surface area (Å²) in [6.07, 6.45) is 4.39. The van der Waals surface area contributed by atoms with Crippen LogP contribution in [0.1, 0.15) is 73.6 Å². The molecule has 0 aromatic rings. The van der Waals surface area contributed by atoms with E-state index in [2.05, 4.69) is 0 Å². The Kier molecular flexibility index (Phi) is 6.27. The lowest BCUT2D eigenvalue weighted by Gasteiger charge is -2.31. The van der Waals surface area contributed by atoms with Gasteiger partial charge in [0.25, 0.3) is 0 Å². The highest BCUT2D eigenvalue weighted by atomic mass is 16.6. The molecule has 1 saturated carbocycles. The van der Waals surface area contributed by atoms with Gasteiger partial charge in [-0.05, 0) is 60.3 Å². The number of carbonyl (C=O) groups excluding carboxylic acids is 2. The van der Waals surface area contributed by atoms with E-state index in [1.165, 1.54) is 6.42 Å². The van der Waals surface area contributed by atoms with Crippen LogP contribution in [0.5, 0.6) is 0 Å². The van der Waals surface area contributed by atoms with Gasteiger partial charge in [-0.15, -0.1) is 0 Å². The molecule has 0 aromatic carbocycles. The van der Waals surface area contributed by atoms with Crippen molar-refractivity contribution >= 4 is 12.2 Å². The number of ether oxygens (including phenoxy) is 2. The Balaban J connectivity index is 2.79. The minimum Gasteiger partial charge on any atom is -0.443 e. The lowest BCUT2D eigenvalue weighted by atomic mass is 9.89. The molecule has 22 heavy (non-hydrogen) atoms. The number of carbonyl (C=O) groups is 2. The van der Waals surface area contributed by atoms with E-state index in [0.29, 0.717) is 12.5 Å². The summed E-state index contributed by atoms with van der Waals surface area (Å²) in [5.41, 5.74) is -1.27. The first kappa shape index (κ1) is 18.8. The van der Waals surface area contributed by atoms with E-state index in [-0.39, 0.29) is 0 Å². The summed E-state index contributed by atoms with van der Waals surface area (Å²) in [4.78, 5) is 25.9. The summed E-state index contributed by atoms with van der Waals surface area (Å²) in [6.45, 7) is 11.1. The Bertz CT molecular complexity index is 358. The standard InChI is InChI=1S/C17H31NO4/c1-16(2,3)21-14(19)18(15(20)22-17(4,5)6)12-13-10-8-7-9-11-13/h13H,7-12H2,1-6H3. The molecule has 2 amide bonds. The van der Waals surface area contributed by atoms with Crippen LogP contribution in [-0.2, 0) is 9.47 Å². The predicted octanol–water partition coefficient (Wildman–Crippen LogP) is 4.74. The zero-order valence-corrected chi connectivity index (χ0v) is 14.9. The van der Waals surface area contributed by atoms with Crippen LogP contribution in [-0.4, -0.2) is 34.8 Å². The molecule has 0 bridgehead atoms. The highest BCUT2D eigenvalue weighted by Crippen LogP contribution is 2.26. The number of nitrogens with zero attached hydrogens (tertiary/aromatic N) is 1. The van der Waals surface area contributed by atoms with Gasteiger partial charge in [-0.3, -0.25) is 0 Å². The van der Waals surface area contributed by atoms with Crippen LogP contribution in [0.25, 0.3) is 0 Å². The minimum absolute atomic E-state index is 0.341. The molecule has 5 nitrogen and oxygen atoms in total. The maximum Gasteiger partial charge on any atom is 0.419 e. The fourth-order valence-electron chi connectivity index (χ4n) is 2.49. The zero-order chi connectivity index (χ0) is 17.0. The van der Waals surface area contributed by atoms with Crippen molar-refractivity contribution in [3.8, 4) is 0 Å². The first-order chi connectivity index (χ1) is 9.98. The molecule has 0 saturated heterocycles. The van der Waals surface area contributed by atoms with Crippen LogP contribution >= 0.6 is 0 Å². The van der Waals surface area contributed by atoms with Gasteiger partial charge in [-0.25, -0.2) is 14.5 Å². The summed E-state index contributed by atoms with van der Waals surface area (Å²) in [5, 5.41) is 0. The molecule has 1 rings (SSSR count). The molecule has 1 aliphatic rings. The van der Waals surface area contributed by atoms with Crippen molar-refractivity contribution in [3.63, 3.8) is 0 Å². The fraction of sp³-hybridized carbons (Fsp3) is 0.882. The molecule has 1 fully saturated rings. The van der Waals surface area contributed by atoms with Crippen LogP contribution in [0.15, 0.2) is 0 Å². The van der Waals surface area contributed by atoms with Crippen LogP contribution in [0.2, 0.25) is 0 Å². The van der Waals surface area contributed by atoms with Crippen molar-refractivity contribution in [1.82, 2.24) is 4.90 Å². The maximum absolute atomic E-state index is 12.4. The van der Waals surface area contributed by atoms with Gasteiger partial charge in [0, 0.05) is 6.54 Å². The Morgan fingerprint density at radius 2 is 1.27 bits per heavy atom. The van der Waals surface area contributed by atoms with Gasteiger partial charge in [-0.1, -0.05) is 19.3 Å². The van der Waals surface area contributed by atoms with E-state index >= 15 is 0 Å². The maximum atomic E-state index is 12.4. The first-order valence-corrected chi connectivity index (χ1v) is 8.21. The molecule has 0 heterocycles. The summed E-state index contributed by atoms with van der Waals surface area (Å²) in [5.74, 6) is 0.341. The first-order valence-electron chi connectivity index (χ1n) is 8.21. The molecule has 0 atom stereocenters. The van der Waals surface area contributed by atoms with Gasteiger partial charge in [0.15, 0.2) is 0 Å². The third-order valence-corrected chi connectivity index (χ3v) is 3.39. The monoisotopic (exact) mass is 313 g/mol. The molecule has 0 spiro atoms. The molecule has 1 aliphatic carbocycles. The van der Waals surface area contributed by atoms with Crippen LogP contribution < -0.4 is 0 Å². The highest BCUT2D eigenvalue weighted by Gasteiger charge is 2.33. The third-order valence-electron chi connectivity index (χ3n) is 3.39. The SMILES string of the molecule is CC(C)(C)OC(=O)N(CC1CCCCC1)C(=O)OC(C)(C)C. The van der Waals surface area contributed by atoms with E-state index < -0.39 is 23.4 Å². The Morgan fingerprint density at radius 3 is 1.64 bits per heavy atom. The summed E-state index contributed by atoms with van der Waals surface area (Å²) >= 11 is 0. The number of imide groups is 1. The number of hydrogen-bond acceptors (Lipinski definition) is 4. The molecule has 0 N–H and O–H groups in total. The molecule has 0 aliphatic heterocycles. The van der Waals surface area contributed by atoms with E-state index in [1.54, 1.807) is 41.5 Å². The summed E-state index contributed by atoms with van der Waals surface area (Å²) in [6, 6.07) is 0. The second kappa shape index (κ2) is 7.34. The topological polar surface area (TPSA) is 55.8 Å². The van der Waals surface area contributed by atoms with Crippen LogP contribution in [0.3, 0.4) is 0 Å². The second-order valence-corrected chi connectivity index (χ2v) is 8.08. The average molecular weight is 313 g/mol. The van der Waals surface area contributed by atoms with Gasteiger partial charge < -0.3 is 9.47 Å². The molecule has 5 heteroatoms. The quantitative estimate of drug-likeness (QED) is 0.739. The van der Waals surface area contributed by atoms with Crippen molar-refractivity contribution in [2.45, 2.75) is 84.8 Å². The second-order valence-electron chi connectivity index (χ2n) is 8.08. The fourth-order valence-corrected chi connectivity index (χ4v) is 2.49. The van der Waals surface area contributed by atoms with Gasteiger partial charge in [0.1, 0.15) is 11.2 Å². The average Bonchev–Trinajstić information content (AvgIpc) is 2.32. The number of hydrogen-bond donors (Lipinski definition) is 0. The lowest BCUT2D eigenvalue weighted by molar-refractivity contribution is -0.00244. The summed E-state index contributed by atoms with van der Waals surface area (Å²) < 4.78 is 10.7. The zero-order valence-electron chi connectivity index (χ0n) is 14.9. The Labute approximate surface area is 134 Å². The van der Waals surface area contributed by atoms with Crippen molar-refractivity contribution < 1.29 is 19.1 Å². The molecular formula is C17H31NO4. The molecular weight excluding hydrogens is 282 g/mol. The van der Waals surface area contributed by atoms with Gasteiger partial charge in [0.2, 0.25) is 0 Å². The van der Waals surface area contributed by atoms with E-state index in [1.807, 2.05) is 0 Å². The van der Waals surface area contributed by atoms with E-state index in [9.17, 15) is 9.59 Å². The third kappa shape index (κ3) is 7.14. The van der Waals surface area contributed by atoms with Crippen molar-refractivity contribution in [2.24, 2.45) is 5.92 Å². The van der Waals surface area contributed by atoms with E-state index in [0.717, 1.165) is 30.6 Å². The molecule has 0 unspecified atom stereocenters. The van der Waals surface area contributed by atoms with Gasteiger partial charge in [-0.2, -0.15) is 0 Å².